The topological polar surface area (TPSA) is 21.3 Å². The number of thiophene rings is 1. The van der Waals surface area contributed by atoms with E-state index in [2.05, 4.69) is 210 Å². The lowest BCUT2D eigenvalue weighted by molar-refractivity contribution is 0.669. The first-order valence-electron chi connectivity index (χ1n) is 19.7. The fourth-order valence-corrected chi connectivity index (χ4v) is 10.1. The SMILES string of the molecule is c1ccc(-c2cc(-c3ccccc3)c3c(c2)c2ccc(N(c4cccc5c4oc4ccccc45)c4cccc5sc6ccccc6c45)cc2n3-c2ccccc2)cc1. The van der Waals surface area contributed by atoms with Gasteiger partial charge in [-0.05, 0) is 83.4 Å². The number of para-hydroxylation sites is 3. The lowest BCUT2D eigenvalue weighted by atomic mass is 9.95. The van der Waals surface area contributed by atoms with Gasteiger partial charge in [0, 0.05) is 58.7 Å². The molecule has 9 aromatic carbocycles. The molecule has 272 valence electrons. The zero-order valence-electron chi connectivity index (χ0n) is 31.3. The van der Waals surface area contributed by atoms with Crippen LogP contribution in [0.15, 0.2) is 211 Å². The smallest absolute Gasteiger partial charge is 0.159 e. The van der Waals surface area contributed by atoms with Crippen molar-refractivity contribution in [2.45, 2.75) is 0 Å². The second kappa shape index (κ2) is 13.1. The van der Waals surface area contributed by atoms with Crippen LogP contribution < -0.4 is 4.90 Å². The van der Waals surface area contributed by atoms with Crippen LogP contribution in [-0.4, -0.2) is 4.57 Å². The Hall–Kier alpha value is -7.40. The van der Waals surface area contributed by atoms with Crippen LogP contribution in [0.1, 0.15) is 0 Å². The highest BCUT2D eigenvalue weighted by molar-refractivity contribution is 7.26. The highest BCUT2D eigenvalue weighted by Gasteiger charge is 2.25. The number of benzene rings is 9. The quantitative estimate of drug-likeness (QED) is 0.168. The summed E-state index contributed by atoms with van der Waals surface area (Å²) in [5.74, 6) is 0. The Morgan fingerprint density at radius 1 is 0.431 bits per heavy atom. The molecule has 0 saturated carbocycles. The Balaban J connectivity index is 1.21. The van der Waals surface area contributed by atoms with Crippen molar-refractivity contribution in [1.82, 2.24) is 4.57 Å². The van der Waals surface area contributed by atoms with E-state index in [0.29, 0.717) is 0 Å². The van der Waals surface area contributed by atoms with Gasteiger partial charge in [-0.3, -0.25) is 0 Å². The summed E-state index contributed by atoms with van der Waals surface area (Å²) in [4.78, 5) is 2.42. The van der Waals surface area contributed by atoms with Crippen molar-refractivity contribution in [3.63, 3.8) is 0 Å². The summed E-state index contributed by atoms with van der Waals surface area (Å²) in [6.07, 6.45) is 0. The molecule has 0 aliphatic rings. The van der Waals surface area contributed by atoms with Crippen molar-refractivity contribution in [2.24, 2.45) is 0 Å². The molecule has 0 spiro atoms. The van der Waals surface area contributed by atoms with Crippen molar-refractivity contribution < 1.29 is 4.42 Å². The molecule has 0 aliphatic carbocycles. The molecule has 0 amide bonds. The van der Waals surface area contributed by atoms with Gasteiger partial charge in [-0.25, -0.2) is 0 Å². The predicted molar refractivity (Wildman–Crippen MR) is 247 cm³/mol. The molecule has 58 heavy (non-hydrogen) atoms. The highest BCUT2D eigenvalue weighted by Crippen LogP contribution is 2.49. The van der Waals surface area contributed by atoms with Crippen molar-refractivity contribution in [2.75, 3.05) is 4.90 Å². The first kappa shape index (κ1) is 32.8. The Bertz CT molecular complexity index is 3510. The van der Waals surface area contributed by atoms with E-state index in [1.54, 1.807) is 0 Å². The number of fused-ring (bicyclic) bond motifs is 9. The van der Waals surface area contributed by atoms with Gasteiger partial charge < -0.3 is 13.9 Å². The molecule has 0 aliphatic heterocycles. The van der Waals surface area contributed by atoms with E-state index in [0.717, 1.165) is 50.2 Å². The number of hydrogen-bond donors (Lipinski definition) is 0. The molecule has 0 bridgehead atoms. The van der Waals surface area contributed by atoms with Gasteiger partial charge in [0.15, 0.2) is 5.58 Å². The van der Waals surface area contributed by atoms with E-state index in [1.807, 2.05) is 17.4 Å². The van der Waals surface area contributed by atoms with E-state index >= 15 is 0 Å². The predicted octanol–water partition coefficient (Wildman–Crippen LogP) is 15.9. The van der Waals surface area contributed by atoms with E-state index in [1.165, 1.54) is 58.7 Å². The number of furan rings is 1. The van der Waals surface area contributed by atoms with E-state index in [4.69, 9.17) is 4.42 Å². The summed E-state index contributed by atoms with van der Waals surface area (Å²) in [6, 6.07) is 74.4. The van der Waals surface area contributed by atoms with Gasteiger partial charge >= 0.3 is 0 Å². The van der Waals surface area contributed by atoms with Gasteiger partial charge in [-0.2, -0.15) is 0 Å². The van der Waals surface area contributed by atoms with Crippen LogP contribution in [0, 0.1) is 0 Å². The van der Waals surface area contributed by atoms with Crippen molar-refractivity contribution in [3.8, 4) is 27.9 Å². The fraction of sp³-hybridized carbons (Fsp3) is 0. The van der Waals surface area contributed by atoms with Gasteiger partial charge in [-0.1, -0.05) is 140 Å². The molecular formula is C54H34N2OS. The zero-order valence-corrected chi connectivity index (χ0v) is 32.2. The highest BCUT2D eigenvalue weighted by atomic mass is 32.1. The van der Waals surface area contributed by atoms with Crippen LogP contribution in [0.3, 0.4) is 0 Å². The molecule has 0 N–H and O–H groups in total. The summed E-state index contributed by atoms with van der Waals surface area (Å²) in [5, 5.41) is 7.10. The summed E-state index contributed by atoms with van der Waals surface area (Å²) < 4.78 is 11.8. The van der Waals surface area contributed by atoms with Crippen molar-refractivity contribution in [3.05, 3.63) is 206 Å². The minimum absolute atomic E-state index is 0.864. The molecular weight excluding hydrogens is 725 g/mol. The van der Waals surface area contributed by atoms with E-state index in [9.17, 15) is 0 Å². The van der Waals surface area contributed by atoms with Gasteiger partial charge in [0.05, 0.1) is 22.4 Å². The molecule has 3 nitrogen and oxygen atoms in total. The van der Waals surface area contributed by atoms with Gasteiger partial charge in [0.25, 0.3) is 0 Å². The third-order valence-electron chi connectivity index (χ3n) is 11.6. The summed E-state index contributed by atoms with van der Waals surface area (Å²) in [7, 11) is 0. The molecule has 12 aromatic rings. The number of aromatic nitrogens is 1. The van der Waals surface area contributed by atoms with Gasteiger partial charge in [0.1, 0.15) is 5.58 Å². The molecule has 3 aromatic heterocycles. The Morgan fingerprint density at radius 2 is 1.09 bits per heavy atom. The molecule has 0 atom stereocenters. The molecule has 0 radical (unpaired) electrons. The molecule has 12 rings (SSSR count). The second-order valence-corrected chi connectivity index (χ2v) is 15.9. The maximum atomic E-state index is 6.79. The normalized spacial score (nSPS) is 11.8. The van der Waals surface area contributed by atoms with Crippen LogP contribution >= 0.6 is 11.3 Å². The summed E-state index contributed by atoms with van der Waals surface area (Å²) >= 11 is 1.84. The average Bonchev–Trinajstić information content (AvgIpc) is 3.97. The number of anilines is 3. The van der Waals surface area contributed by atoms with Crippen LogP contribution in [0.2, 0.25) is 0 Å². The average molecular weight is 759 g/mol. The van der Waals surface area contributed by atoms with Crippen LogP contribution in [-0.2, 0) is 0 Å². The summed E-state index contributed by atoms with van der Waals surface area (Å²) in [5.41, 5.74) is 13.1. The standard InChI is InChI=1S/C54H34N2OS/c1-4-16-35(17-5-1)37-32-44(36-18-6-2-7-19-36)53-45(33-37)40-31-30-39(34-48(40)56(53)38-20-8-3-9-21-38)55(46-25-15-29-51-52(46)43-23-11-13-28-50(43)58-51)47-26-14-24-42-41-22-10-12-27-49(41)57-54(42)47/h1-34H. The third kappa shape index (κ3) is 5.05. The second-order valence-electron chi connectivity index (χ2n) is 14.9. The van der Waals surface area contributed by atoms with Gasteiger partial charge in [0.2, 0.25) is 0 Å². The maximum Gasteiger partial charge on any atom is 0.159 e. The number of nitrogens with zero attached hydrogens (tertiary/aromatic N) is 2. The zero-order chi connectivity index (χ0) is 38.2. The number of rotatable bonds is 6. The molecule has 0 saturated heterocycles. The Morgan fingerprint density at radius 3 is 1.91 bits per heavy atom. The number of hydrogen-bond acceptors (Lipinski definition) is 3. The van der Waals surface area contributed by atoms with E-state index < -0.39 is 0 Å². The first-order chi connectivity index (χ1) is 28.8. The first-order valence-corrected chi connectivity index (χ1v) is 20.5. The molecule has 4 heteroatoms. The fourth-order valence-electron chi connectivity index (χ4n) is 9.01. The third-order valence-corrected chi connectivity index (χ3v) is 12.7. The van der Waals surface area contributed by atoms with Crippen LogP contribution in [0.4, 0.5) is 17.1 Å². The molecule has 3 heterocycles. The minimum atomic E-state index is 0.864. The lowest BCUT2D eigenvalue weighted by Crippen LogP contribution is -2.11. The minimum Gasteiger partial charge on any atom is -0.454 e. The largest absolute Gasteiger partial charge is 0.454 e. The summed E-state index contributed by atoms with van der Waals surface area (Å²) in [6.45, 7) is 0. The van der Waals surface area contributed by atoms with Gasteiger partial charge in [-0.15, -0.1) is 11.3 Å². The van der Waals surface area contributed by atoms with E-state index in [-0.39, 0.29) is 0 Å². The maximum absolute atomic E-state index is 6.79. The molecule has 0 unspecified atom stereocenters. The van der Waals surface area contributed by atoms with Crippen molar-refractivity contribution >= 4 is 92.3 Å². The Kier molecular flexibility index (Phi) is 7.40. The van der Waals surface area contributed by atoms with Crippen LogP contribution in [0.5, 0.6) is 0 Å². The van der Waals surface area contributed by atoms with Crippen molar-refractivity contribution in [1.29, 1.82) is 0 Å². The lowest BCUT2D eigenvalue weighted by Gasteiger charge is -2.27. The van der Waals surface area contributed by atoms with Crippen LogP contribution in [0.25, 0.3) is 91.9 Å². The monoisotopic (exact) mass is 758 g/mol. The Labute approximate surface area is 338 Å². The molecule has 0 fully saturated rings.